The molecule has 1 aliphatic heterocycles. The largest absolute Gasteiger partial charge is 0.285 e. The van der Waals surface area contributed by atoms with Gasteiger partial charge in [0.05, 0.1) is 15.4 Å². The third kappa shape index (κ3) is 1.40. The average molecular weight is 270 g/mol. The Balaban J connectivity index is 2.20. The summed E-state index contributed by atoms with van der Waals surface area (Å²) in [6.45, 7) is 0. The first-order chi connectivity index (χ1) is 8.65. The number of hydrogen-bond acceptors (Lipinski definition) is 4. The van der Waals surface area contributed by atoms with E-state index in [2.05, 4.69) is 11.8 Å². The van der Waals surface area contributed by atoms with Crippen LogP contribution in [0.3, 0.4) is 0 Å². The Bertz CT molecular complexity index is 694. The van der Waals surface area contributed by atoms with Gasteiger partial charge in [0.15, 0.2) is 0 Å². The second-order valence-electron chi connectivity index (χ2n) is 3.92. The summed E-state index contributed by atoms with van der Waals surface area (Å²) in [5.74, 6) is 4.19. The smallest absolute Gasteiger partial charge is 0.234 e. The van der Waals surface area contributed by atoms with E-state index >= 15 is 0 Å². The van der Waals surface area contributed by atoms with Crippen molar-refractivity contribution in [1.29, 1.82) is 0 Å². The summed E-state index contributed by atoms with van der Waals surface area (Å²) in [5, 5.41) is -0.276. The van der Waals surface area contributed by atoms with Crippen LogP contribution < -0.4 is 0 Å². The van der Waals surface area contributed by atoms with Crippen molar-refractivity contribution in [2.24, 2.45) is 0 Å². The lowest BCUT2D eigenvalue weighted by Crippen LogP contribution is -2.24. The second kappa shape index (κ2) is 3.88. The molecule has 4 heteroatoms. The van der Waals surface area contributed by atoms with Crippen LogP contribution in [0.25, 0.3) is 0 Å². The van der Waals surface area contributed by atoms with Crippen molar-refractivity contribution in [2.45, 2.75) is 10.5 Å². The molecule has 0 bridgehead atoms. The van der Waals surface area contributed by atoms with Gasteiger partial charge in [0.25, 0.3) is 0 Å². The quantitative estimate of drug-likeness (QED) is 0.535. The van der Waals surface area contributed by atoms with Crippen molar-refractivity contribution in [1.82, 2.24) is 0 Å². The Morgan fingerprint density at radius 2 is 2.00 bits per heavy atom. The summed E-state index contributed by atoms with van der Waals surface area (Å²) < 4.78 is 0. The molecule has 86 valence electrons. The molecule has 3 rings (SSSR count). The number of Topliss-reactive ketones (excluding diaryl/α,β-unsaturated/α-hetero) is 2. The molecule has 18 heavy (non-hydrogen) atoms. The fraction of sp³-hybridized carbons (Fsp3) is 0.143. The molecule has 1 aliphatic carbocycles. The van der Waals surface area contributed by atoms with Gasteiger partial charge in [-0.2, -0.15) is 0 Å². The number of hydrogen-bond donors (Lipinski definition) is 0. The van der Waals surface area contributed by atoms with Crippen molar-refractivity contribution in [3.63, 3.8) is 0 Å². The Labute approximate surface area is 112 Å². The average Bonchev–Trinajstić information content (AvgIpc) is 2.99. The Morgan fingerprint density at radius 3 is 2.67 bits per heavy atom. The minimum Gasteiger partial charge on any atom is -0.285 e. The van der Waals surface area contributed by atoms with E-state index in [1.54, 1.807) is 12.1 Å². The highest BCUT2D eigenvalue weighted by Gasteiger charge is 2.42. The number of thioether (sulfide) groups is 1. The van der Waals surface area contributed by atoms with Crippen molar-refractivity contribution in [3.8, 4) is 24.7 Å². The Morgan fingerprint density at radius 1 is 1.22 bits per heavy atom. The maximum atomic E-state index is 12.0. The zero-order chi connectivity index (χ0) is 12.9. The van der Waals surface area contributed by atoms with Gasteiger partial charge < -0.3 is 0 Å². The monoisotopic (exact) mass is 270 g/mol. The molecule has 0 spiro atoms. The van der Waals surface area contributed by atoms with Gasteiger partial charge in [-0.05, 0) is 6.07 Å². The van der Waals surface area contributed by atoms with Crippen LogP contribution in [0.2, 0.25) is 0 Å². The number of fused-ring (bicyclic) bond motifs is 3. The van der Waals surface area contributed by atoms with Gasteiger partial charge in [-0.3, -0.25) is 9.59 Å². The number of ketones is 2. The molecule has 2 heterocycles. The van der Waals surface area contributed by atoms with Gasteiger partial charge in [0.2, 0.25) is 11.6 Å². The van der Waals surface area contributed by atoms with Crippen molar-refractivity contribution >= 4 is 34.7 Å². The maximum Gasteiger partial charge on any atom is 0.234 e. The third-order valence-electron chi connectivity index (χ3n) is 2.91. The maximum absolute atomic E-state index is 12.0. The van der Waals surface area contributed by atoms with E-state index in [0.29, 0.717) is 16.0 Å². The summed E-state index contributed by atoms with van der Waals surface area (Å²) in [6.07, 6.45) is 12.4. The molecule has 0 radical (unpaired) electrons. The summed E-state index contributed by atoms with van der Waals surface area (Å²) >= 11 is 2.90. The zero-order valence-electron chi connectivity index (χ0n) is 9.10. The first-order valence-corrected chi connectivity index (χ1v) is 6.94. The van der Waals surface area contributed by atoms with Crippen LogP contribution in [-0.2, 0) is 4.79 Å². The van der Waals surface area contributed by atoms with E-state index < -0.39 is 11.6 Å². The minimum absolute atomic E-state index is 0.127. The third-order valence-corrected chi connectivity index (χ3v) is 5.52. The Hall–Kier alpha value is -1.75. The second-order valence-corrected chi connectivity index (χ2v) is 6.25. The van der Waals surface area contributed by atoms with E-state index in [9.17, 15) is 9.59 Å². The van der Waals surface area contributed by atoms with Gasteiger partial charge in [-0.1, -0.05) is 17.9 Å². The van der Waals surface area contributed by atoms with E-state index in [1.165, 1.54) is 23.1 Å². The summed E-state index contributed by atoms with van der Waals surface area (Å²) in [6, 6.07) is 1.63. The number of rotatable bonds is 0. The van der Waals surface area contributed by atoms with Gasteiger partial charge in [-0.15, -0.1) is 35.9 Å². The highest BCUT2D eigenvalue weighted by Crippen LogP contribution is 2.51. The molecule has 0 saturated carbocycles. The molecule has 2 atom stereocenters. The molecule has 0 fully saturated rings. The van der Waals surface area contributed by atoms with Crippen LogP contribution in [0.1, 0.15) is 25.4 Å². The number of terminal acetylenes is 2. The topological polar surface area (TPSA) is 34.1 Å². The molecule has 0 N–H and O–H groups in total. The fourth-order valence-electron chi connectivity index (χ4n) is 2.10. The van der Waals surface area contributed by atoms with Crippen molar-refractivity contribution in [2.75, 3.05) is 0 Å². The van der Waals surface area contributed by atoms with Crippen LogP contribution in [0.4, 0.5) is 0 Å². The predicted molar refractivity (Wildman–Crippen MR) is 72.6 cm³/mol. The SMILES string of the molecule is C#Cc1cc2c(s1)C1SC(C#C)C=C1C(=O)C2=O. The highest BCUT2D eigenvalue weighted by molar-refractivity contribution is 8.01. The van der Waals surface area contributed by atoms with Crippen molar-refractivity contribution < 1.29 is 9.59 Å². The van der Waals surface area contributed by atoms with Gasteiger partial charge in [-0.25, -0.2) is 0 Å². The van der Waals surface area contributed by atoms with Crippen LogP contribution in [0.5, 0.6) is 0 Å². The van der Waals surface area contributed by atoms with Crippen LogP contribution in [0.15, 0.2) is 17.7 Å². The molecule has 2 aliphatic rings. The molecule has 2 nitrogen and oxygen atoms in total. The van der Waals surface area contributed by atoms with Crippen LogP contribution >= 0.6 is 23.1 Å². The molecule has 0 aromatic carbocycles. The highest BCUT2D eigenvalue weighted by atomic mass is 32.2. The number of carbonyl (C=O) groups excluding carboxylic acids is 2. The molecule has 1 aromatic heterocycles. The van der Waals surface area contributed by atoms with E-state index in [-0.39, 0.29) is 10.5 Å². The normalized spacial score (nSPS) is 24.9. The lowest BCUT2D eigenvalue weighted by Gasteiger charge is -2.18. The minimum atomic E-state index is -0.469. The molecule has 1 aromatic rings. The summed E-state index contributed by atoms with van der Waals surface area (Å²) in [4.78, 5) is 25.5. The standard InChI is InChI=1S/C14H6O2S2/c1-3-7-5-9-11(15)12(16)10-6-8(4-2)18-14(10)13(9)17-7/h1-2,5-7,13H. The molecule has 0 amide bonds. The van der Waals surface area contributed by atoms with Gasteiger partial charge in [0.1, 0.15) is 0 Å². The lowest BCUT2D eigenvalue weighted by molar-refractivity contribution is -0.112. The number of carbonyl (C=O) groups is 2. The first-order valence-electron chi connectivity index (χ1n) is 5.18. The first kappa shape index (κ1) is 11.3. The number of thiophene rings is 1. The van der Waals surface area contributed by atoms with Crippen LogP contribution in [-0.4, -0.2) is 16.8 Å². The lowest BCUT2D eigenvalue weighted by atomic mass is 9.91. The summed E-state index contributed by atoms with van der Waals surface area (Å²) in [5.41, 5.74) is 0.969. The molecular formula is C14H6O2S2. The summed E-state index contributed by atoms with van der Waals surface area (Å²) in [7, 11) is 0. The molecule has 0 saturated heterocycles. The van der Waals surface area contributed by atoms with Gasteiger partial charge in [0, 0.05) is 16.0 Å². The van der Waals surface area contributed by atoms with Crippen LogP contribution in [0, 0.1) is 24.7 Å². The zero-order valence-corrected chi connectivity index (χ0v) is 10.7. The predicted octanol–water partition coefficient (Wildman–Crippen LogP) is 2.21. The molecule has 2 unspecified atom stereocenters. The van der Waals surface area contributed by atoms with E-state index in [0.717, 1.165) is 4.88 Å². The molecular weight excluding hydrogens is 264 g/mol. The Kier molecular flexibility index (Phi) is 2.45. The fourth-order valence-corrected chi connectivity index (χ4v) is 4.56. The van der Waals surface area contributed by atoms with Gasteiger partial charge >= 0.3 is 0 Å². The van der Waals surface area contributed by atoms with E-state index in [1.807, 2.05) is 0 Å². The van der Waals surface area contributed by atoms with Crippen molar-refractivity contribution in [3.05, 3.63) is 33.0 Å². The van der Waals surface area contributed by atoms with E-state index in [4.69, 9.17) is 12.8 Å².